The molecule has 1 aliphatic heterocycles. The van der Waals surface area contributed by atoms with Crippen molar-refractivity contribution in [2.45, 2.75) is 39.2 Å². The topological polar surface area (TPSA) is 43.8 Å². The van der Waals surface area contributed by atoms with Crippen LogP contribution in [0.5, 0.6) is 0 Å². The van der Waals surface area contributed by atoms with Crippen LogP contribution in [0.15, 0.2) is 0 Å². The zero-order valence-corrected chi connectivity index (χ0v) is 9.29. The molecule has 4 heteroatoms. The van der Waals surface area contributed by atoms with Crippen molar-refractivity contribution in [2.24, 2.45) is 0 Å². The van der Waals surface area contributed by atoms with E-state index >= 15 is 0 Å². The lowest BCUT2D eigenvalue weighted by molar-refractivity contribution is -0.169. The molecule has 0 radical (unpaired) electrons. The van der Waals surface area contributed by atoms with Gasteiger partial charge in [-0.2, -0.15) is 0 Å². The van der Waals surface area contributed by atoms with Crippen LogP contribution in [0.4, 0.5) is 0 Å². The average Bonchev–Trinajstić information content (AvgIpc) is 2.07. The molecule has 0 spiro atoms. The first kappa shape index (κ1) is 11.5. The molecule has 0 aliphatic carbocycles. The Kier molecular flexibility index (Phi) is 3.50. The Bertz CT molecular complexity index is 211. The summed E-state index contributed by atoms with van der Waals surface area (Å²) in [6, 6.07) is 0. The van der Waals surface area contributed by atoms with Crippen LogP contribution in [-0.2, 0) is 4.79 Å². The number of carbonyl (C=O) groups is 1. The molecular weight excluding hydrogens is 180 g/mol. The van der Waals surface area contributed by atoms with Crippen LogP contribution in [0.1, 0.15) is 33.6 Å². The van der Waals surface area contributed by atoms with Crippen LogP contribution in [0, 0.1) is 0 Å². The maximum Gasteiger partial charge on any atom is 0.237 e. The zero-order valence-electron chi connectivity index (χ0n) is 9.29. The first-order chi connectivity index (χ1) is 6.46. The van der Waals surface area contributed by atoms with Crippen LogP contribution >= 0.6 is 0 Å². The highest BCUT2D eigenvalue weighted by Gasteiger charge is 2.32. The van der Waals surface area contributed by atoms with E-state index in [-0.39, 0.29) is 18.1 Å². The summed E-state index contributed by atoms with van der Waals surface area (Å²) in [5.41, 5.74) is -0.0503. The Morgan fingerprint density at radius 2 is 2.07 bits per heavy atom. The molecule has 4 nitrogen and oxygen atoms in total. The van der Waals surface area contributed by atoms with Gasteiger partial charge in [0.2, 0.25) is 5.91 Å². The molecule has 1 saturated heterocycles. The minimum absolute atomic E-state index is 0.0261. The van der Waals surface area contributed by atoms with Gasteiger partial charge in [0.1, 0.15) is 0 Å². The predicted molar refractivity (Wildman–Crippen MR) is 54.5 cm³/mol. The van der Waals surface area contributed by atoms with E-state index in [1.54, 1.807) is 5.01 Å². The molecule has 14 heavy (non-hydrogen) atoms. The second kappa shape index (κ2) is 4.28. The van der Waals surface area contributed by atoms with Gasteiger partial charge in [-0.05, 0) is 27.2 Å². The maximum absolute atomic E-state index is 11.6. The Morgan fingerprint density at radius 3 is 2.57 bits per heavy atom. The van der Waals surface area contributed by atoms with Crippen molar-refractivity contribution in [2.75, 3.05) is 19.7 Å². The van der Waals surface area contributed by atoms with Gasteiger partial charge in [0.25, 0.3) is 0 Å². The lowest BCUT2D eigenvalue weighted by Gasteiger charge is -2.46. The third-order valence-electron chi connectivity index (χ3n) is 2.43. The van der Waals surface area contributed by atoms with Gasteiger partial charge in [0.15, 0.2) is 0 Å². The van der Waals surface area contributed by atoms with Gasteiger partial charge < -0.3 is 5.11 Å². The molecule has 1 aliphatic rings. The molecule has 0 atom stereocenters. The van der Waals surface area contributed by atoms with E-state index in [4.69, 9.17) is 5.11 Å². The summed E-state index contributed by atoms with van der Waals surface area (Å²) in [6.07, 6.45) is 1.52. The zero-order chi connectivity index (χ0) is 10.8. The molecule has 0 aromatic heterocycles. The van der Waals surface area contributed by atoms with Crippen molar-refractivity contribution in [3.8, 4) is 0 Å². The van der Waals surface area contributed by atoms with Crippen molar-refractivity contribution >= 4 is 5.91 Å². The van der Waals surface area contributed by atoms with Crippen LogP contribution < -0.4 is 0 Å². The molecule has 1 heterocycles. The monoisotopic (exact) mass is 200 g/mol. The quantitative estimate of drug-likeness (QED) is 0.710. The van der Waals surface area contributed by atoms with E-state index in [0.29, 0.717) is 13.0 Å². The minimum atomic E-state index is -0.0503. The number of amides is 1. The number of β-amino-alcohol motifs (C(OH)–C–C–N with tert-alkyl or cyclic N) is 1. The highest BCUT2D eigenvalue weighted by Crippen LogP contribution is 2.21. The molecule has 0 unspecified atom stereocenters. The normalized spacial score (nSPS) is 20.3. The van der Waals surface area contributed by atoms with Crippen LogP contribution in [0.25, 0.3) is 0 Å². The number of hydrogen-bond donors (Lipinski definition) is 1. The third-order valence-corrected chi connectivity index (χ3v) is 2.43. The fraction of sp³-hybridized carbons (Fsp3) is 0.900. The van der Waals surface area contributed by atoms with Crippen LogP contribution in [0.3, 0.4) is 0 Å². The molecule has 0 aromatic carbocycles. The lowest BCUT2D eigenvalue weighted by Crippen LogP contribution is -2.58. The first-order valence-electron chi connectivity index (χ1n) is 5.15. The summed E-state index contributed by atoms with van der Waals surface area (Å²) in [7, 11) is 0. The fourth-order valence-electron chi connectivity index (χ4n) is 1.80. The summed E-state index contributed by atoms with van der Waals surface area (Å²) >= 11 is 0. The van der Waals surface area contributed by atoms with Crippen molar-refractivity contribution in [1.82, 2.24) is 10.0 Å². The number of aliphatic hydroxyl groups is 1. The lowest BCUT2D eigenvalue weighted by atomic mass is 10.1. The molecule has 1 fully saturated rings. The van der Waals surface area contributed by atoms with Gasteiger partial charge in [-0.15, -0.1) is 0 Å². The molecule has 0 aromatic rings. The molecule has 0 bridgehead atoms. The average molecular weight is 200 g/mol. The maximum atomic E-state index is 11.6. The van der Waals surface area contributed by atoms with Gasteiger partial charge in [0, 0.05) is 18.5 Å². The Balaban J connectivity index is 2.74. The van der Waals surface area contributed by atoms with Gasteiger partial charge >= 0.3 is 0 Å². The summed E-state index contributed by atoms with van der Waals surface area (Å²) in [6.45, 7) is 7.57. The first-order valence-corrected chi connectivity index (χ1v) is 5.15. The highest BCUT2D eigenvalue weighted by molar-refractivity contribution is 5.76. The van der Waals surface area contributed by atoms with Crippen LogP contribution in [0.2, 0.25) is 0 Å². The second-order valence-corrected chi connectivity index (χ2v) is 4.64. The van der Waals surface area contributed by atoms with Crippen molar-refractivity contribution in [1.29, 1.82) is 0 Å². The molecular formula is C10H20N2O2. The van der Waals surface area contributed by atoms with E-state index in [1.165, 1.54) is 0 Å². The van der Waals surface area contributed by atoms with E-state index in [2.05, 4.69) is 25.8 Å². The molecule has 1 N–H and O–H groups in total. The predicted octanol–water partition coefficient (Wildman–Crippen LogP) is 0.617. The Morgan fingerprint density at radius 1 is 1.43 bits per heavy atom. The number of carbonyl (C=O) groups excluding carboxylic acids is 1. The van der Waals surface area contributed by atoms with Gasteiger partial charge in [-0.25, -0.2) is 5.01 Å². The Hall–Kier alpha value is -0.610. The minimum Gasteiger partial charge on any atom is -0.394 e. The second-order valence-electron chi connectivity index (χ2n) is 4.64. The number of hydrogen-bond acceptors (Lipinski definition) is 3. The highest BCUT2D eigenvalue weighted by atomic mass is 16.3. The molecule has 0 saturated carbocycles. The van der Waals surface area contributed by atoms with E-state index in [0.717, 1.165) is 13.0 Å². The molecule has 1 amide bonds. The van der Waals surface area contributed by atoms with Gasteiger partial charge in [-0.1, -0.05) is 0 Å². The number of hydrazine groups is 1. The standard InChI is InChI=1S/C10H20N2O2/c1-10(2,3)12-6-4-5-9(14)11(12)7-8-13/h13H,4-8H2,1-3H3. The number of aliphatic hydroxyl groups excluding tert-OH is 1. The van der Waals surface area contributed by atoms with Gasteiger partial charge in [0.05, 0.1) is 13.2 Å². The summed E-state index contributed by atoms with van der Waals surface area (Å²) < 4.78 is 0. The SMILES string of the molecule is CC(C)(C)N1CCCC(=O)N1CCO. The smallest absolute Gasteiger partial charge is 0.237 e. The number of nitrogens with zero attached hydrogens (tertiary/aromatic N) is 2. The summed E-state index contributed by atoms with van der Waals surface area (Å²) in [5.74, 6) is 0.125. The molecule has 1 rings (SSSR count). The fourth-order valence-corrected chi connectivity index (χ4v) is 1.80. The van der Waals surface area contributed by atoms with Crippen molar-refractivity contribution < 1.29 is 9.90 Å². The largest absolute Gasteiger partial charge is 0.394 e. The molecule has 82 valence electrons. The van der Waals surface area contributed by atoms with Crippen molar-refractivity contribution in [3.63, 3.8) is 0 Å². The summed E-state index contributed by atoms with van der Waals surface area (Å²) in [5, 5.41) is 12.6. The Labute approximate surface area is 85.5 Å². The summed E-state index contributed by atoms with van der Waals surface area (Å²) in [4.78, 5) is 11.6. The van der Waals surface area contributed by atoms with E-state index < -0.39 is 0 Å². The van der Waals surface area contributed by atoms with E-state index in [9.17, 15) is 4.79 Å². The van der Waals surface area contributed by atoms with E-state index in [1.807, 2.05) is 0 Å². The number of rotatable bonds is 2. The van der Waals surface area contributed by atoms with Crippen LogP contribution in [-0.4, -0.2) is 46.3 Å². The van der Waals surface area contributed by atoms with Crippen molar-refractivity contribution in [3.05, 3.63) is 0 Å². The van der Waals surface area contributed by atoms with Gasteiger partial charge in [-0.3, -0.25) is 9.80 Å². The third kappa shape index (κ3) is 2.45.